The van der Waals surface area contributed by atoms with Crippen molar-refractivity contribution < 1.29 is 4.79 Å². The number of thioether (sulfide) groups is 1. The molecule has 0 aliphatic heterocycles. The Kier molecular flexibility index (Phi) is 4.10. The normalized spacial score (nSPS) is 10.3. The number of nitrogens with zero attached hydrogens (tertiary/aromatic N) is 2. The summed E-state index contributed by atoms with van der Waals surface area (Å²) in [6.07, 6.45) is 1.62. The summed E-state index contributed by atoms with van der Waals surface area (Å²) >= 11 is 1.80. The Morgan fingerprint density at radius 1 is 1.22 bits per heavy atom. The second kappa shape index (κ2) is 5.78. The molecule has 0 fully saturated rings. The standard InChI is InChI=1S/C14H14N2OS/c1-3-18-12-6-4-11(5-7-12)13-8-9-15-14(16-13)10(2)17/h4-9H,3H2,1-2H3. The molecule has 92 valence electrons. The number of carbonyl (C=O) groups excluding carboxylic acids is 1. The van der Waals surface area contributed by atoms with E-state index in [1.807, 2.05) is 18.2 Å². The molecular weight excluding hydrogens is 244 g/mol. The lowest BCUT2D eigenvalue weighted by Gasteiger charge is -2.03. The summed E-state index contributed by atoms with van der Waals surface area (Å²) in [5.74, 6) is 1.20. The Labute approximate surface area is 111 Å². The van der Waals surface area contributed by atoms with E-state index in [4.69, 9.17) is 0 Å². The molecule has 2 aromatic rings. The monoisotopic (exact) mass is 258 g/mol. The van der Waals surface area contributed by atoms with Crippen LogP contribution in [0, 0.1) is 0 Å². The van der Waals surface area contributed by atoms with Crippen molar-refractivity contribution in [3.8, 4) is 11.3 Å². The molecule has 0 radical (unpaired) electrons. The number of Topliss-reactive ketones (excluding diaryl/α,β-unsaturated/α-hetero) is 1. The van der Waals surface area contributed by atoms with Crippen LogP contribution in [0.25, 0.3) is 11.3 Å². The fourth-order valence-electron chi connectivity index (χ4n) is 1.58. The van der Waals surface area contributed by atoms with Crippen LogP contribution < -0.4 is 0 Å². The Balaban J connectivity index is 2.30. The largest absolute Gasteiger partial charge is 0.291 e. The van der Waals surface area contributed by atoms with Gasteiger partial charge in [-0.1, -0.05) is 19.1 Å². The maximum Gasteiger partial charge on any atom is 0.196 e. The highest BCUT2D eigenvalue weighted by Gasteiger charge is 2.05. The number of ketones is 1. The highest BCUT2D eigenvalue weighted by atomic mass is 32.2. The van der Waals surface area contributed by atoms with E-state index in [0.717, 1.165) is 17.0 Å². The van der Waals surface area contributed by atoms with Crippen LogP contribution in [-0.2, 0) is 0 Å². The number of hydrogen-bond donors (Lipinski definition) is 0. The van der Waals surface area contributed by atoms with Gasteiger partial charge in [-0.3, -0.25) is 4.79 Å². The van der Waals surface area contributed by atoms with Crippen molar-refractivity contribution in [2.24, 2.45) is 0 Å². The van der Waals surface area contributed by atoms with Crippen LogP contribution in [0.1, 0.15) is 24.5 Å². The third kappa shape index (κ3) is 2.96. The first-order valence-electron chi connectivity index (χ1n) is 5.78. The van der Waals surface area contributed by atoms with E-state index in [-0.39, 0.29) is 11.6 Å². The van der Waals surface area contributed by atoms with Gasteiger partial charge >= 0.3 is 0 Å². The third-order valence-electron chi connectivity index (χ3n) is 2.43. The minimum atomic E-state index is -0.116. The molecule has 0 saturated heterocycles. The van der Waals surface area contributed by atoms with Crippen molar-refractivity contribution in [2.75, 3.05) is 5.75 Å². The molecule has 0 atom stereocenters. The molecule has 0 N–H and O–H groups in total. The van der Waals surface area contributed by atoms with Crippen LogP contribution in [-0.4, -0.2) is 21.5 Å². The van der Waals surface area contributed by atoms with E-state index in [0.29, 0.717) is 0 Å². The molecule has 0 aliphatic carbocycles. The van der Waals surface area contributed by atoms with Gasteiger partial charge in [0, 0.05) is 23.6 Å². The molecular formula is C14H14N2OS. The van der Waals surface area contributed by atoms with Gasteiger partial charge in [-0.2, -0.15) is 0 Å². The highest BCUT2D eigenvalue weighted by molar-refractivity contribution is 7.99. The zero-order valence-electron chi connectivity index (χ0n) is 10.4. The molecule has 1 aromatic carbocycles. The van der Waals surface area contributed by atoms with Gasteiger partial charge in [-0.05, 0) is 24.0 Å². The minimum Gasteiger partial charge on any atom is -0.291 e. The predicted octanol–water partition coefficient (Wildman–Crippen LogP) is 3.46. The molecule has 18 heavy (non-hydrogen) atoms. The van der Waals surface area contributed by atoms with Gasteiger partial charge in [0.1, 0.15) is 0 Å². The molecule has 4 heteroatoms. The summed E-state index contributed by atoms with van der Waals surface area (Å²) in [6, 6.07) is 9.99. The summed E-state index contributed by atoms with van der Waals surface area (Å²) in [4.78, 5) is 20.7. The van der Waals surface area contributed by atoms with E-state index in [9.17, 15) is 4.79 Å². The van der Waals surface area contributed by atoms with Crippen LogP contribution >= 0.6 is 11.8 Å². The number of rotatable bonds is 4. The summed E-state index contributed by atoms with van der Waals surface area (Å²) in [6.45, 7) is 3.60. The molecule has 2 rings (SSSR count). The fourth-order valence-corrected chi connectivity index (χ4v) is 2.24. The summed E-state index contributed by atoms with van der Waals surface area (Å²) in [7, 11) is 0. The lowest BCUT2D eigenvalue weighted by atomic mass is 10.1. The van der Waals surface area contributed by atoms with Crippen molar-refractivity contribution in [1.82, 2.24) is 9.97 Å². The van der Waals surface area contributed by atoms with E-state index in [2.05, 4.69) is 29.0 Å². The zero-order valence-corrected chi connectivity index (χ0v) is 11.2. The Morgan fingerprint density at radius 2 is 1.94 bits per heavy atom. The molecule has 3 nitrogen and oxygen atoms in total. The van der Waals surface area contributed by atoms with Gasteiger partial charge in [-0.15, -0.1) is 11.8 Å². The van der Waals surface area contributed by atoms with Crippen molar-refractivity contribution in [3.05, 3.63) is 42.4 Å². The summed E-state index contributed by atoms with van der Waals surface area (Å²) in [5.41, 5.74) is 1.78. The minimum absolute atomic E-state index is 0.116. The van der Waals surface area contributed by atoms with Crippen LogP contribution in [0.5, 0.6) is 0 Å². The Hall–Kier alpha value is -1.68. The second-order valence-corrected chi connectivity index (χ2v) is 5.12. The second-order valence-electron chi connectivity index (χ2n) is 3.78. The van der Waals surface area contributed by atoms with Crippen molar-refractivity contribution in [1.29, 1.82) is 0 Å². The molecule has 0 amide bonds. The number of aromatic nitrogens is 2. The third-order valence-corrected chi connectivity index (χ3v) is 3.33. The first kappa shape index (κ1) is 12.8. The molecule has 0 saturated carbocycles. The van der Waals surface area contributed by atoms with E-state index in [1.165, 1.54) is 11.8 Å². The van der Waals surface area contributed by atoms with Crippen LogP contribution in [0.4, 0.5) is 0 Å². The first-order valence-corrected chi connectivity index (χ1v) is 6.76. The Morgan fingerprint density at radius 3 is 2.56 bits per heavy atom. The van der Waals surface area contributed by atoms with E-state index in [1.54, 1.807) is 18.0 Å². The smallest absolute Gasteiger partial charge is 0.196 e. The average molecular weight is 258 g/mol. The SMILES string of the molecule is CCSc1ccc(-c2ccnc(C(C)=O)n2)cc1. The van der Waals surface area contributed by atoms with Crippen molar-refractivity contribution in [3.63, 3.8) is 0 Å². The number of benzene rings is 1. The average Bonchev–Trinajstić information content (AvgIpc) is 2.40. The van der Waals surface area contributed by atoms with Crippen molar-refractivity contribution in [2.45, 2.75) is 18.7 Å². The topological polar surface area (TPSA) is 42.9 Å². The van der Waals surface area contributed by atoms with Crippen molar-refractivity contribution >= 4 is 17.5 Å². The lowest BCUT2D eigenvalue weighted by molar-refractivity contribution is 0.100. The fraction of sp³-hybridized carbons (Fsp3) is 0.214. The summed E-state index contributed by atoms with van der Waals surface area (Å²) < 4.78 is 0. The maximum atomic E-state index is 11.2. The predicted molar refractivity (Wildman–Crippen MR) is 73.9 cm³/mol. The quantitative estimate of drug-likeness (QED) is 0.622. The van der Waals surface area contributed by atoms with E-state index >= 15 is 0 Å². The van der Waals surface area contributed by atoms with Crippen LogP contribution in [0.3, 0.4) is 0 Å². The maximum absolute atomic E-state index is 11.2. The van der Waals surface area contributed by atoms with E-state index < -0.39 is 0 Å². The molecule has 0 aliphatic rings. The van der Waals surface area contributed by atoms with Gasteiger partial charge in [0.05, 0.1) is 5.69 Å². The lowest BCUT2D eigenvalue weighted by Crippen LogP contribution is -2.01. The van der Waals surface area contributed by atoms with Gasteiger partial charge in [0.2, 0.25) is 0 Å². The van der Waals surface area contributed by atoms with Gasteiger partial charge in [0.15, 0.2) is 11.6 Å². The zero-order chi connectivity index (χ0) is 13.0. The number of carbonyl (C=O) groups is 1. The van der Waals surface area contributed by atoms with Crippen LogP contribution in [0.2, 0.25) is 0 Å². The van der Waals surface area contributed by atoms with Crippen LogP contribution in [0.15, 0.2) is 41.4 Å². The molecule has 1 heterocycles. The molecule has 0 bridgehead atoms. The van der Waals surface area contributed by atoms with Gasteiger partial charge in [0.25, 0.3) is 0 Å². The summed E-state index contributed by atoms with van der Waals surface area (Å²) in [5, 5.41) is 0. The molecule has 0 unspecified atom stereocenters. The van der Waals surface area contributed by atoms with Gasteiger partial charge < -0.3 is 0 Å². The Bertz CT molecular complexity index is 552. The first-order chi connectivity index (χ1) is 8.70. The number of hydrogen-bond acceptors (Lipinski definition) is 4. The molecule has 0 spiro atoms. The highest BCUT2D eigenvalue weighted by Crippen LogP contribution is 2.22. The van der Waals surface area contributed by atoms with Gasteiger partial charge in [-0.25, -0.2) is 9.97 Å². The molecule has 1 aromatic heterocycles.